The molecule has 0 aromatic heterocycles. The number of hydrogen-bond acceptors (Lipinski definition) is 4. The molecule has 0 radical (unpaired) electrons. The molecule has 21 heavy (non-hydrogen) atoms. The van der Waals surface area contributed by atoms with Crippen LogP contribution in [0, 0.1) is 0 Å². The van der Waals surface area contributed by atoms with Crippen molar-refractivity contribution in [3.05, 3.63) is 28.8 Å². The predicted octanol–water partition coefficient (Wildman–Crippen LogP) is 2.73. The summed E-state index contributed by atoms with van der Waals surface area (Å²) >= 11 is 6.21. The van der Waals surface area contributed by atoms with E-state index in [0.29, 0.717) is 11.6 Å². The standard InChI is InChI=1S/C16H22ClNO3/c1-12-8-18(10-16(21-12)5-6-20-11-16)9-13-3-4-15(19-2)14(17)7-13/h3-4,7,12H,5-6,8-11H2,1-2H3/t12-,16-/m0/s1. The van der Waals surface area contributed by atoms with E-state index in [1.807, 2.05) is 12.1 Å². The van der Waals surface area contributed by atoms with E-state index in [4.69, 9.17) is 25.8 Å². The van der Waals surface area contributed by atoms with Gasteiger partial charge in [0.05, 0.1) is 24.8 Å². The van der Waals surface area contributed by atoms with Gasteiger partial charge in [0.2, 0.25) is 0 Å². The van der Waals surface area contributed by atoms with E-state index >= 15 is 0 Å². The first-order valence-corrected chi connectivity index (χ1v) is 7.78. The summed E-state index contributed by atoms with van der Waals surface area (Å²) in [6.07, 6.45) is 1.21. The van der Waals surface area contributed by atoms with E-state index in [1.54, 1.807) is 7.11 Å². The fourth-order valence-corrected chi connectivity index (χ4v) is 3.61. The summed E-state index contributed by atoms with van der Waals surface area (Å²) < 4.78 is 16.9. The number of methoxy groups -OCH3 is 1. The van der Waals surface area contributed by atoms with Gasteiger partial charge in [0, 0.05) is 32.7 Å². The zero-order chi connectivity index (χ0) is 14.9. The molecule has 0 unspecified atom stereocenters. The van der Waals surface area contributed by atoms with Crippen LogP contribution in [0.3, 0.4) is 0 Å². The SMILES string of the molecule is COc1ccc(CN2C[C@H](C)O[C@@]3(CCOC3)C2)cc1Cl. The Hall–Kier alpha value is -0.810. The van der Waals surface area contributed by atoms with Gasteiger partial charge in [-0.05, 0) is 24.6 Å². The largest absolute Gasteiger partial charge is 0.495 e. The lowest BCUT2D eigenvalue weighted by atomic mass is 9.99. The molecule has 3 rings (SSSR count). The van der Waals surface area contributed by atoms with Crippen molar-refractivity contribution < 1.29 is 14.2 Å². The van der Waals surface area contributed by atoms with Crippen LogP contribution in [0.15, 0.2) is 18.2 Å². The summed E-state index contributed by atoms with van der Waals surface area (Å²) in [4.78, 5) is 2.43. The Morgan fingerprint density at radius 3 is 3.00 bits per heavy atom. The highest BCUT2D eigenvalue weighted by Crippen LogP contribution is 2.31. The van der Waals surface area contributed by atoms with Gasteiger partial charge in [0.15, 0.2) is 0 Å². The van der Waals surface area contributed by atoms with Crippen molar-refractivity contribution in [2.45, 2.75) is 31.6 Å². The van der Waals surface area contributed by atoms with Gasteiger partial charge in [-0.2, -0.15) is 0 Å². The Bertz CT molecular complexity index is 502. The van der Waals surface area contributed by atoms with Crippen LogP contribution in [-0.4, -0.2) is 50.0 Å². The molecule has 0 saturated carbocycles. The van der Waals surface area contributed by atoms with E-state index in [9.17, 15) is 0 Å². The first-order chi connectivity index (χ1) is 10.1. The van der Waals surface area contributed by atoms with Gasteiger partial charge in [0.25, 0.3) is 0 Å². The molecule has 1 aromatic carbocycles. The molecule has 2 heterocycles. The number of benzene rings is 1. The number of hydrogen-bond donors (Lipinski definition) is 0. The normalized spacial score (nSPS) is 30.0. The molecule has 2 aliphatic heterocycles. The maximum absolute atomic E-state index is 6.21. The van der Waals surface area contributed by atoms with Crippen molar-refractivity contribution in [1.82, 2.24) is 4.90 Å². The second-order valence-corrected chi connectivity index (χ2v) is 6.46. The van der Waals surface area contributed by atoms with E-state index in [1.165, 1.54) is 5.56 Å². The third-order valence-electron chi connectivity index (χ3n) is 4.17. The molecular weight excluding hydrogens is 290 g/mol. The van der Waals surface area contributed by atoms with Gasteiger partial charge in [-0.15, -0.1) is 0 Å². The topological polar surface area (TPSA) is 30.9 Å². The van der Waals surface area contributed by atoms with E-state index in [0.717, 1.165) is 38.4 Å². The lowest BCUT2D eigenvalue weighted by Gasteiger charge is -2.43. The number of nitrogens with zero attached hydrogens (tertiary/aromatic N) is 1. The van der Waals surface area contributed by atoms with Gasteiger partial charge in [-0.3, -0.25) is 4.90 Å². The molecule has 4 nitrogen and oxygen atoms in total. The van der Waals surface area contributed by atoms with Crippen LogP contribution in [0.5, 0.6) is 5.75 Å². The highest BCUT2D eigenvalue weighted by Gasteiger charge is 2.42. The van der Waals surface area contributed by atoms with Crippen LogP contribution >= 0.6 is 11.6 Å². The summed E-state index contributed by atoms with van der Waals surface area (Å²) in [5, 5.41) is 0.662. The third-order valence-corrected chi connectivity index (χ3v) is 4.46. The fraction of sp³-hybridized carbons (Fsp3) is 0.625. The van der Waals surface area contributed by atoms with Gasteiger partial charge in [0.1, 0.15) is 11.4 Å². The first-order valence-electron chi connectivity index (χ1n) is 7.41. The van der Waals surface area contributed by atoms with Crippen molar-refractivity contribution in [3.63, 3.8) is 0 Å². The smallest absolute Gasteiger partial charge is 0.137 e. The van der Waals surface area contributed by atoms with Gasteiger partial charge in [-0.1, -0.05) is 17.7 Å². The zero-order valence-electron chi connectivity index (χ0n) is 12.6. The average molecular weight is 312 g/mol. The van der Waals surface area contributed by atoms with Crippen LogP contribution in [0.2, 0.25) is 5.02 Å². The maximum Gasteiger partial charge on any atom is 0.137 e. The summed E-state index contributed by atoms with van der Waals surface area (Å²) in [5.74, 6) is 0.719. The molecule has 0 N–H and O–H groups in total. The Labute approximate surface area is 130 Å². The van der Waals surface area contributed by atoms with Crippen LogP contribution in [0.4, 0.5) is 0 Å². The Morgan fingerprint density at radius 1 is 1.48 bits per heavy atom. The molecule has 116 valence electrons. The highest BCUT2D eigenvalue weighted by atomic mass is 35.5. The lowest BCUT2D eigenvalue weighted by molar-refractivity contribution is -0.149. The van der Waals surface area contributed by atoms with E-state index in [-0.39, 0.29) is 11.7 Å². The van der Waals surface area contributed by atoms with E-state index in [2.05, 4.69) is 17.9 Å². The fourth-order valence-electron chi connectivity index (χ4n) is 3.33. The molecule has 2 saturated heterocycles. The maximum atomic E-state index is 6.21. The monoisotopic (exact) mass is 311 g/mol. The Balaban J connectivity index is 1.70. The van der Waals surface area contributed by atoms with E-state index < -0.39 is 0 Å². The highest BCUT2D eigenvalue weighted by molar-refractivity contribution is 6.32. The van der Waals surface area contributed by atoms with Gasteiger partial charge < -0.3 is 14.2 Å². The van der Waals surface area contributed by atoms with Crippen LogP contribution in [0.1, 0.15) is 18.9 Å². The third kappa shape index (κ3) is 3.34. The minimum Gasteiger partial charge on any atom is -0.495 e. The second kappa shape index (κ2) is 6.13. The van der Waals surface area contributed by atoms with Crippen molar-refractivity contribution >= 4 is 11.6 Å². The van der Waals surface area contributed by atoms with Crippen LogP contribution < -0.4 is 4.74 Å². The molecule has 2 aliphatic rings. The summed E-state index contributed by atoms with van der Waals surface area (Å²) in [5.41, 5.74) is 1.08. The molecule has 1 aromatic rings. The Kier molecular flexibility index (Phi) is 4.41. The number of ether oxygens (including phenoxy) is 3. The number of morpholine rings is 1. The van der Waals surface area contributed by atoms with Crippen molar-refractivity contribution in [2.75, 3.05) is 33.4 Å². The van der Waals surface area contributed by atoms with Crippen molar-refractivity contribution in [2.24, 2.45) is 0 Å². The minimum atomic E-state index is -0.117. The first kappa shape index (κ1) is 15.1. The molecule has 0 bridgehead atoms. The zero-order valence-corrected chi connectivity index (χ0v) is 13.4. The average Bonchev–Trinajstić information content (AvgIpc) is 2.85. The Morgan fingerprint density at radius 2 is 2.33 bits per heavy atom. The molecule has 1 spiro atoms. The lowest BCUT2D eigenvalue weighted by Crippen LogP contribution is -2.55. The van der Waals surface area contributed by atoms with Gasteiger partial charge >= 0.3 is 0 Å². The van der Waals surface area contributed by atoms with Crippen molar-refractivity contribution in [3.8, 4) is 5.75 Å². The molecule has 0 aliphatic carbocycles. The molecule has 2 fully saturated rings. The molecule has 5 heteroatoms. The summed E-state index contributed by atoms with van der Waals surface area (Å²) in [6, 6.07) is 5.98. The van der Waals surface area contributed by atoms with Crippen LogP contribution in [0.25, 0.3) is 0 Å². The molecular formula is C16H22ClNO3. The summed E-state index contributed by atoms with van der Waals surface area (Å²) in [6.45, 7) is 6.37. The van der Waals surface area contributed by atoms with Crippen LogP contribution in [-0.2, 0) is 16.0 Å². The second-order valence-electron chi connectivity index (χ2n) is 6.05. The molecule has 2 atom stereocenters. The quantitative estimate of drug-likeness (QED) is 0.859. The van der Waals surface area contributed by atoms with Gasteiger partial charge in [-0.25, -0.2) is 0 Å². The molecule has 0 amide bonds. The number of halogens is 1. The minimum absolute atomic E-state index is 0.117. The number of rotatable bonds is 3. The predicted molar refractivity (Wildman–Crippen MR) is 82.0 cm³/mol. The van der Waals surface area contributed by atoms with Crippen molar-refractivity contribution in [1.29, 1.82) is 0 Å². The summed E-state index contributed by atoms with van der Waals surface area (Å²) in [7, 11) is 1.63.